The lowest BCUT2D eigenvalue weighted by atomic mass is 10.1. The van der Waals surface area contributed by atoms with Gasteiger partial charge in [0.2, 0.25) is 0 Å². The van der Waals surface area contributed by atoms with E-state index in [9.17, 15) is 14.7 Å². The highest BCUT2D eigenvalue weighted by atomic mass is 32.2. The molecule has 0 aromatic heterocycles. The second-order valence-electron chi connectivity index (χ2n) is 5.39. The fourth-order valence-electron chi connectivity index (χ4n) is 2.90. The van der Waals surface area contributed by atoms with Gasteiger partial charge in [0.15, 0.2) is 0 Å². The average molecular weight is 306 g/mol. The molecular weight excluding hydrogens is 288 g/mol. The third-order valence-corrected chi connectivity index (χ3v) is 5.05. The number of benzene rings is 1. The van der Waals surface area contributed by atoms with Gasteiger partial charge in [-0.3, -0.25) is 0 Å². The van der Waals surface area contributed by atoms with Gasteiger partial charge in [-0.1, -0.05) is 6.07 Å². The van der Waals surface area contributed by atoms with Gasteiger partial charge in [-0.2, -0.15) is 11.8 Å². The van der Waals surface area contributed by atoms with Crippen LogP contribution in [0.5, 0.6) is 0 Å². The van der Waals surface area contributed by atoms with Crippen LogP contribution in [0.25, 0.3) is 0 Å². The molecule has 3 rings (SSSR count). The minimum Gasteiger partial charge on any atom is -0.480 e. The lowest BCUT2D eigenvalue weighted by molar-refractivity contribution is -0.141. The van der Waals surface area contributed by atoms with Crippen LogP contribution in [0, 0.1) is 0 Å². The van der Waals surface area contributed by atoms with Crippen molar-refractivity contribution in [3.8, 4) is 0 Å². The van der Waals surface area contributed by atoms with Crippen molar-refractivity contribution in [1.29, 1.82) is 0 Å². The van der Waals surface area contributed by atoms with Crippen LogP contribution in [0.3, 0.4) is 0 Å². The maximum absolute atomic E-state index is 12.3. The number of nitrogens with one attached hydrogen (secondary N) is 1. The van der Waals surface area contributed by atoms with E-state index in [0.717, 1.165) is 30.7 Å². The summed E-state index contributed by atoms with van der Waals surface area (Å²) in [6, 6.07) is 4.91. The molecule has 1 aliphatic carbocycles. The SMILES string of the molecule is O=C(O)C1CSCCN1C(=O)Nc1ccc2c(c1)CCC2. The van der Waals surface area contributed by atoms with Crippen molar-refractivity contribution in [3.05, 3.63) is 29.3 Å². The van der Waals surface area contributed by atoms with Crippen molar-refractivity contribution in [2.75, 3.05) is 23.4 Å². The van der Waals surface area contributed by atoms with Gasteiger partial charge in [0.1, 0.15) is 6.04 Å². The molecule has 0 radical (unpaired) electrons. The van der Waals surface area contributed by atoms with Crippen molar-refractivity contribution < 1.29 is 14.7 Å². The predicted molar refractivity (Wildman–Crippen MR) is 82.9 cm³/mol. The van der Waals surface area contributed by atoms with E-state index in [1.165, 1.54) is 16.0 Å². The summed E-state index contributed by atoms with van der Waals surface area (Å²) in [4.78, 5) is 25.0. The topological polar surface area (TPSA) is 69.6 Å². The quantitative estimate of drug-likeness (QED) is 0.879. The molecule has 1 aromatic carbocycles. The molecule has 0 spiro atoms. The van der Waals surface area contributed by atoms with Gasteiger partial charge in [0, 0.05) is 23.7 Å². The highest BCUT2D eigenvalue weighted by Gasteiger charge is 2.32. The first-order valence-corrected chi connectivity index (χ1v) is 8.30. The maximum atomic E-state index is 12.3. The van der Waals surface area contributed by atoms with Crippen molar-refractivity contribution in [3.63, 3.8) is 0 Å². The van der Waals surface area contributed by atoms with Crippen LogP contribution in [-0.2, 0) is 17.6 Å². The second-order valence-corrected chi connectivity index (χ2v) is 6.54. The number of aryl methyl sites for hydroxylation is 2. The highest BCUT2D eigenvalue weighted by molar-refractivity contribution is 7.99. The Morgan fingerprint density at radius 1 is 1.29 bits per heavy atom. The minimum atomic E-state index is -0.939. The number of thioether (sulfide) groups is 1. The fourth-order valence-corrected chi connectivity index (χ4v) is 3.93. The van der Waals surface area contributed by atoms with E-state index in [-0.39, 0.29) is 6.03 Å². The van der Waals surface area contributed by atoms with Gasteiger partial charge < -0.3 is 15.3 Å². The Labute approximate surface area is 127 Å². The summed E-state index contributed by atoms with van der Waals surface area (Å²) in [7, 11) is 0. The lowest BCUT2D eigenvalue weighted by Gasteiger charge is -2.32. The van der Waals surface area contributed by atoms with Crippen molar-refractivity contribution in [2.45, 2.75) is 25.3 Å². The van der Waals surface area contributed by atoms with Gasteiger partial charge in [-0.05, 0) is 42.5 Å². The second kappa shape index (κ2) is 5.97. The standard InChI is InChI=1S/C15H18N2O3S/c18-14(19)13-9-21-7-6-17(13)15(20)16-12-5-4-10-2-1-3-11(10)8-12/h4-5,8,13H,1-3,6-7,9H2,(H,16,20)(H,18,19). The Hall–Kier alpha value is -1.69. The molecule has 21 heavy (non-hydrogen) atoms. The van der Waals surface area contributed by atoms with Crippen molar-refractivity contribution in [1.82, 2.24) is 4.90 Å². The Bertz CT molecular complexity index is 576. The van der Waals surface area contributed by atoms with Crippen LogP contribution in [0.1, 0.15) is 17.5 Å². The zero-order chi connectivity index (χ0) is 14.8. The van der Waals surface area contributed by atoms with E-state index in [4.69, 9.17) is 0 Å². The zero-order valence-electron chi connectivity index (χ0n) is 11.7. The summed E-state index contributed by atoms with van der Waals surface area (Å²) in [6.45, 7) is 0.471. The number of anilines is 1. The van der Waals surface area contributed by atoms with Crippen LogP contribution >= 0.6 is 11.8 Å². The number of rotatable bonds is 2. The van der Waals surface area contributed by atoms with Crippen LogP contribution in [0.2, 0.25) is 0 Å². The van der Waals surface area contributed by atoms with Gasteiger partial charge in [0.25, 0.3) is 0 Å². The van der Waals surface area contributed by atoms with Gasteiger partial charge >= 0.3 is 12.0 Å². The van der Waals surface area contributed by atoms with Crippen LogP contribution < -0.4 is 5.32 Å². The highest BCUT2D eigenvalue weighted by Crippen LogP contribution is 2.25. The molecule has 112 valence electrons. The number of fused-ring (bicyclic) bond motifs is 1. The van der Waals surface area contributed by atoms with E-state index < -0.39 is 12.0 Å². The molecule has 0 saturated carbocycles. The number of aliphatic carboxylic acids is 1. The van der Waals surface area contributed by atoms with Gasteiger partial charge in [0.05, 0.1) is 0 Å². The summed E-state index contributed by atoms with van der Waals surface area (Å²) in [5.41, 5.74) is 3.39. The molecule has 1 unspecified atom stereocenters. The normalized spacial score (nSPS) is 21.0. The molecule has 6 heteroatoms. The third kappa shape index (κ3) is 3.00. The molecule has 1 aromatic rings. The average Bonchev–Trinajstić information content (AvgIpc) is 2.94. The Morgan fingerprint density at radius 3 is 2.90 bits per heavy atom. The number of carboxylic acid groups (broad SMARTS) is 1. The molecule has 1 saturated heterocycles. The van der Waals surface area contributed by atoms with E-state index in [1.807, 2.05) is 12.1 Å². The molecule has 2 N–H and O–H groups in total. The minimum absolute atomic E-state index is 0.319. The molecule has 2 aliphatic rings. The van der Waals surface area contributed by atoms with Crippen molar-refractivity contribution in [2.24, 2.45) is 0 Å². The van der Waals surface area contributed by atoms with Crippen LogP contribution in [0.4, 0.5) is 10.5 Å². The van der Waals surface area contributed by atoms with E-state index >= 15 is 0 Å². The number of carboxylic acids is 1. The predicted octanol–water partition coefficient (Wildman–Crippen LogP) is 2.21. The number of urea groups is 1. The summed E-state index contributed by atoms with van der Waals surface area (Å²) < 4.78 is 0. The first kappa shape index (κ1) is 14.3. The summed E-state index contributed by atoms with van der Waals surface area (Å²) >= 11 is 1.57. The Balaban J connectivity index is 1.71. The molecule has 1 aliphatic heterocycles. The van der Waals surface area contributed by atoms with Gasteiger partial charge in [-0.15, -0.1) is 0 Å². The maximum Gasteiger partial charge on any atom is 0.327 e. The molecule has 1 fully saturated rings. The van der Waals surface area contributed by atoms with E-state index in [2.05, 4.69) is 11.4 Å². The number of hydrogen-bond donors (Lipinski definition) is 2. The summed E-state index contributed by atoms with van der Waals surface area (Å²) in [6.07, 6.45) is 3.32. The fraction of sp³-hybridized carbons (Fsp3) is 0.467. The zero-order valence-corrected chi connectivity index (χ0v) is 12.5. The summed E-state index contributed by atoms with van der Waals surface area (Å²) in [5, 5.41) is 12.1. The number of nitrogens with zero attached hydrogens (tertiary/aromatic N) is 1. The molecular formula is C15H18N2O3S. The number of carbonyl (C=O) groups excluding carboxylic acids is 1. The smallest absolute Gasteiger partial charge is 0.327 e. The molecule has 5 nitrogen and oxygen atoms in total. The lowest BCUT2D eigenvalue weighted by Crippen LogP contribution is -2.51. The molecule has 0 bridgehead atoms. The number of carbonyl (C=O) groups is 2. The molecule has 2 amide bonds. The van der Waals surface area contributed by atoms with Crippen molar-refractivity contribution >= 4 is 29.4 Å². The summed E-state index contributed by atoms with van der Waals surface area (Å²) in [5.74, 6) is 0.292. The Kier molecular flexibility index (Phi) is 4.05. The van der Waals surface area contributed by atoms with E-state index in [0.29, 0.717) is 12.3 Å². The van der Waals surface area contributed by atoms with E-state index in [1.54, 1.807) is 11.8 Å². The largest absolute Gasteiger partial charge is 0.480 e. The van der Waals surface area contributed by atoms with Crippen LogP contribution in [-0.4, -0.2) is 46.1 Å². The number of hydrogen-bond acceptors (Lipinski definition) is 3. The third-order valence-electron chi connectivity index (χ3n) is 4.02. The first-order chi connectivity index (χ1) is 10.1. The molecule has 1 heterocycles. The first-order valence-electron chi connectivity index (χ1n) is 7.15. The molecule has 1 atom stereocenters. The monoisotopic (exact) mass is 306 g/mol. The van der Waals surface area contributed by atoms with Crippen LogP contribution in [0.15, 0.2) is 18.2 Å². The Morgan fingerprint density at radius 2 is 2.10 bits per heavy atom. The van der Waals surface area contributed by atoms with Gasteiger partial charge in [-0.25, -0.2) is 9.59 Å². The number of amides is 2.